The molecule has 246 valence electrons. The lowest BCUT2D eigenvalue weighted by Crippen LogP contribution is -2.53. The number of para-hydroxylation sites is 6. The second-order valence-electron chi connectivity index (χ2n) is 14.0. The molecule has 0 saturated carbocycles. The van der Waals surface area contributed by atoms with Crippen LogP contribution in [-0.2, 0) is 0 Å². The van der Waals surface area contributed by atoms with Gasteiger partial charge >= 0.3 is 6.92 Å². The van der Waals surface area contributed by atoms with Crippen LogP contribution in [0.4, 0.5) is 0 Å². The fraction of sp³-hybridized carbons (Fsp3) is 0. The highest BCUT2D eigenvalue weighted by Gasteiger charge is 2.41. The molecule has 5 heteroatoms. The van der Waals surface area contributed by atoms with E-state index in [0.717, 1.165) is 72.8 Å². The predicted molar refractivity (Wildman–Crippen MR) is 218 cm³/mol. The summed E-state index contributed by atoms with van der Waals surface area (Å²) < 4.78 is 18.5. The summed E-state index contributed by atoms with van der Waals surface area (Å²) in [7, 11) is 0. The number of nitrogens with zero attached hydrogens (tertiary/aromatic N) is 2. The van der Waals surface area contributed by atoms with E-state index in [2.05, 4.69) is 173 Å². The molecule has 0 amide bonds. The highest BCUT2D eigenvalue weighted by molar-refractivity contribution is 6.84. The molecule has 8 aromatic carbocycles. The molecule has 10 aromatic rings. The number of rotatable bonds is 3. The average molecular weight is 677 g/mol. The van der Waals surface area contributed by atoms with E-state index in [1.54, 1.807) is 0 Å². The van der Waals surface area contributed by atoms with E-state index in [-0.39, 0.29) is 6.92 Å². The van der Waals surface area contributed by atoms with Gasteiger partial charge in [-0.2, -0.15) is 0 Å². The van der Waals surface area contributed by atoms with E-state index < -0.39 is 0 Å². The summed E-state index contributed by atoms with van der Waals surface area (Å²) in [6.07, 6.45) is 0. The van der Waals surface area contributed by atoms with Crippen molar-refractivity contribution >= 4 is 61.5 Å². The molecule has 0 atom stereocenters. The fourth-order valence-electron chi connectivity index (χ4n) is 8.94. The van der Waals surface area contributed by atoms with E-state index >= 15 is 0 Å². The zero-order valence-electron chi connectivity index (χ0n) is 28.5. The first-order valence-electron chi connectivity index (χ1n) is 18.1. The van der Waals surface area contributed by atoms with E-state index in [4.69, 9.17) is 9.39 Å². The quantitative estimate of drug-likeness (QED) is 0.174. The van der Waals surface area contributed by atoms with Crippen LogP contribution in [0.15, 0.2) is 176 Å². The lowest BCUT2D eigenvalue weighted by Gasteiger charge is -2.33. The molecular formula is C48H29BN2O2. The molecule has 0 aliphatic carbocycles. The SMILES string of the molecule is c1ccc2c(c1)Oc1cc(-n3c4ccccc4c4ccccc43)cc3c1B2Oc1ccc(-c2ccccc2-n2c4ccccc4c4ccccc42)cc1-3. The molecule has 2 aliphatic heterocycles. The molecule has 0 radical (unpaired) electrons. The van der Waals surface area contributed by atoms with Crippen LogP contribution in [0.25, 0.3) is 77.2 Å². The van der Waals surface area contributed by atoms with Gasteiger partial charge in [0.05, 0.1) is 33.4 Å². The maximum Gasteiger partial charge on any atom is 0.434 e. The molecule has 0 bridgehead atoms. The molecule has 2 aromatic heterocycles. The van der Waals surface area contributed by atoms with E-state index in [1.807, 2.05) is 12.1 Å². The summed E-state index contributed by atoms with van der Waals surface area (Å²) in [5.74, 6) is 2.52. The Balaban J connectivity index is 1.11. The number of aromatic nitrogens is 2. The largest absolute Gasteiger partial charge is 0.551 e. The molecule has 4 nitrogen and oxygen atoms in total. The summed E-state index contributed by atoms with van der Waals surface area (Å²) in [6, 6.07) is 62.9. The first-order chi connectivity index (χ1) is 26.3. The number of hydrogen-bond acceptors (Lipinski definition) is 2. The molecule has 0 fully saturated rings. The van der Waals surface area contributed by atoms with Crippen LogP contribution in [0, 0.1) is 0 Å². The molecule has 2 aliphatic rings. The van der Waals surface area contributed by atoms with Crippen molar-refractivity contribution in [3.8, 4) is 50.9 Å². The lowest BCUT2D eigenvalue weighted by molar-refractivity contribution is 0.479. The highest BCUT2D eigenvalue weighted by Crippen LogP contribution is 2.44. The lowest BCUT2D eigenvalue weighted by atomic mass is 9.51. The molecule has 4 heterocycles. The summed E-state index contributed by atoms with van der Waals surface area (Å²) in [5, 5.41) is 4.95. The first-order valence-corrected chi connectivity index (χ1v) is 18.1. The van der Waals surface area contributed by atoms with Crippen LogP contribution in [0.3, 0.4) is 0 Å². The number of ether oxygens (including phenoxy) is 1. The second kappa shape index (κ2) is 10.8. The first kappa shape index (κ1) is 28.7. The standard InChI is InChI=1S/C48H29BN2O2/c1-7-19-40(51-43-22-10-4-16-35(43)36-17-5-11-23-44(36)51)32(13-1)30-25-26-45-37(27-30)38-28-31(29-47-48(38)49(53-45)39-18-6-12-24-46(39)52-47)50-41-20-8-2-14-33(41)34-15-3-9-21-42(34)50/h1-29H. The Hall–Kier alpha value is -6.98. The van der Waals surface area contributed by atoms with E-state index in [1.165, 1.54) is 32.6 Å². The van der Waals surface area contributed by atoms with Gasteiger partial charge in [-0.25, -0.2) is 0 Å². The van der Waals surface area contributed by atoms with Gasteiger partial charge in [0.2, 0.25) is 0 Å². The molecule has 0 unspecified atom stereocenters. The van der Waals surface area contributed by atoms with Gasteiger partial charge in [0.1, 0.15) is 17.2 Å². The average Bonchev–Trinajstić information content (AvgIpc) is 3.74. The van der Waals surface area contributed by atoms with Gasteiger partial charge in [-0.05, 0) is 65.7 Å². The number of benzene rings is 8. The van der Waals surface area contributed by atoms with Crippen molar-refractivity contribution in [2.24, 2.45) is 0 Å². The minimum absolute atomic E-state index is 0.277. The van der Waals surface area contributed by atoms with Crippen LogP contribution in [0.1, 0.15) is 0 Å². The zero-order chi connectivity index (χ0) is 34.6. The Morgan fingerprint density at radius 3 is 1.64 bits per heavy atom. The monoisotopic (exact) mass is 676 g/mol. The van der Waals surface area contributed by atoms with Gasteiger partial charge in [-0.15, -0.1) is 0 Å². The molecule has 0 spiro atoms. The number of fused-ring (bicyclic) bond motifs is 10. The summed E-state index contributed by atoms with van der Waals surface area (Å²) in [5.41, 5.74) is 13.4. The normalized spacial score (nSPS) is 12.8. The Bertz CT molecular complexity index is 3050. The predicted octanol–water partition coefficient (Wildman–Crippen LogP) is 10.8. The smallest absolute Gasteiger partial charge is 0.434 e. The Labute approximate surface area is 305 Å². The fourth-order valence-corrected chi connectivity index (χ4v) is 8.94. The van der Waals surface area contributed by atoms with Crippen LogP contribution < -0.4 is 20.3 Å². The Kier molecular flexibility index (Phi) is 5.83. The molecule has 0 saturated heterocycles. The van der Waals surface area contributed by atoms with Gasteiger partial charge in [-0.1, -0.05) is 115 Å². The second-order valence-corrected chi connectivity index (χ2v) is 14.0. The van der Waals surface area contributed by atoms with Crippen LogP contribution in [0.2, 0.25) is 0 Å². The third-order valence-corrected chi connectivity index (χ3v) is 11.2. The van der Waals surface area contributed by atoms with E-state index in [0.29, 0.717) is 0 Å². The number of hydrogen-bond donors (Lipinski definition) is 0. The van der Waals surface area contributed by atoms with Gasteiger partial charge in [0.15, 0.2) is 0 Å². The summed E-state index contributed by atoms with van der Waals surface area (Å²) in [4.78, 5) is 0. The summed E-state index contributed by atoms with van der Waals surface area (Å²) in [6.45, 7) is -0.277. The Morgan fingerprint density at radius 2 is 0.962 bits per heavy atom. The van der Waals surface area contributed by atoms with Crippen molar-refractivity contribution < 1.29 is 9.39 Å². The zero-order valence-corrected chi connectivity index (χ0v) is 28.5. The van der Waals surface area contributed by atoms with Crippen molar-refractivity contribution in [2.75, 3.05) is 0 Å². The summed E-state index contributed by atoms with van der Waals surface area (Å²) >= 11 is 0. The molecular weight excluding hydrogens is 647 g/mol. The van der Waals surface area contributed by atoms with Crippen molar-refractivity contribution in [3.05, 3.63) is 176 Å². The minimum atomic E-state index is -0.277. The van der Waals surface area contributed by atoms with Crippen molar-refractivity contribution in [2.45, 2.75) is 0 Å². The van der Waals surface area contributed by atoms with Gasteiger partial charge in [-0.3, -0.25) is 0 Å². The third kappa shape index (κ3) is 4.02. The van der Waals surface area contributed by atoms with Gasteiger partial charge < -0.3 is 18.5 Å². The van der Waals surface area contributed by atoms with Crippen LogP contribution in [-0.4, -0.2) is 16.0 Å². The van der Waals surface area contributed by atoms with Crippen LogP contribution in [0.5, 0.6) is 17.2 Å². The van der Waals surface area contributed by atoms with Crippen molar-refractivity contribution in [1.82, 2.24) is 9.13 Å². The molecule has 0 N–H and O–H groups in total. The minimum Gasteiger partial charge on any atom is -0.551 e. The van der Waals surface area contributed by atoms with Crippen molar-refractivity contribution in [1.29, 1.82) is 0 Å². The highest BCUT2D eigenvalue weighted by atomic mass is 16.5. The maximum atomic E-state index is 6.95. The van der Waals surface area contributed by atoms with Crippen molar-refractivity contribution in [3.63, 3.8) is 0 Å². The third-order valence-electron chi connectivity index (χ3n) is 11.2. The van der Waals surface area contributed by atoms with Crippen LogP contribution >= 0.6 is 0 Å². The molecule has 12 rings (SSSR count). The van der Waals surface area contributed by atoms with Gasteiger partial charge in [0.25, 0.3) is 0 Å². The Morgan fingerprint density at radius 1 is 0.396 bits per heavy atom. The van der Waals surface area contributed by atoms with Gasteiger partial charge in [0, 0.05) is 49.7 Å². The van der Waals surface area contributed by atoms with E-state index in [9.17, 15) is 0 Å². The molecule has 53 heavy (non-hydrogen) atoms. The maximum absolute atomic E-state index is 6.95. The topological polar surface area (TPSA) is 28.3 Å².